The number of nitrogens with two attached hydrogens (primary N) is 1. The van der Waals surface area contributed by atoms with Crippen molar-refractivity contribution in [2.24, 2.45) is 5.73 Å². The first-order valence-electron chi connectivity index (χ1n) is 13.7. The van der Waals surface area contributed by atoms with Crippen LogP contribution in [0.2, 0.25) is 5.02 Å². The van der Waals surface area contributed by atoms with Crippen molar-refractivity contribution in [1.82, 2.24) is 4.98 Å². The molecule has 4 N–H and O–H groups in total. The van der Waals surface area contributed by atoms with Gasteiger partial charge in [-0.05, 0) is 77.9 Å². The van der Waals surface area contributed by atoms with Gasteiger partial charge < -0.3 is 20.7 Å². The van der Waals surface area contributed by atoms with Gasteiger partial charge in [-0.25, -0.2) is 0 Å². The molecule has 0 aliphatic carbocycles. The van der Waals surface area contributed by atoms with E-state index in [1.807, 2.05) is 54.6 Å². The number of ketones is 1. The van der Waals surface area contributed by atoms with E-state index in [2.05, 4.69) is 34.1 Å². The molecular weight excluding hydrogens is 518 g/mol. The lowest BCUT2D eigenvalue weighted by molar-refractivity contribution is 0.0977. The number of anilines is 1. The monoisotopic (exact) mass is 549 g/mol. The van der Waals surface area contributed by atoms with Crippen LogP contribution in [0.15, 0.2) is 97.1 Å². The molecule has 1 aliphatic rings. The topological polar surface area (TPSA) is 82.3 Å². The van der Waals surface area contributed by atoms with Gasteiger partial charge in [0, 0.05) is 64.5 Å². The maximum Gasteiger partial charge on any atom is 0.163 e. The Morgan fingerprint density at radius 1 is 0.925 bits per heavy atom. The minimum atomic E-state index is -0.390. The number of H-pyrrole nitrogens is 1. The van der Waals surface area contributed by atoms with Gasteiger partial charge >= 0.3 is 0 Å². The number of carbonyl (C=O) groups excluding carboxylic acids is 1. The highest BCUT2D eigenvalue weighted by atomic mass is 35.5. The molecule has 5 aromatic rings. The van der Waals surface area contributed by atoms with Crippen LogP contribution in [0.25, 0.3) is 22.0 Å². The number of nitrogens with zero attached hydrogens (tertiary/aromatic N) is 1. The van der Waals surface area contributed by atoms with E-state index in [1.165, 1.54) is 5.69 Å². The van der Waals surface area contributed by atoms with Crippen LogP contribution < -0.4 is 10.6 Å². The molecule has 2 heterocycles. The van der Waals surface area contributed by atoms with Crippen LogP contribution in [0, 0.1) is 0 Å². The number of piperidine rings is 1. The van der Waals surface area contributed by atoms with Crippen LogP contribution in [0.4, 0.5) is 5.69 Å². The molecule has 40 heavy (non-hydrogen) atoms. The summed E-state index contributed by atoms with van der Waals surface area (Å²) in [4.78, 5) is 19.6. The quantitative estimate of drug-likeness (QED) is 0.183. The van der Waals surface area contributed by atoms with Gasteiger partial charge in [0.15, 0.2) is 5.78 Å². The highest BCUT2D eigenvalue weighted by Crippen LogP contribution is 2.37. The van der Waals surface area contributed by atoms with Crippen molar-refractivity contribution >= 4 is 34.0 Å². The normalized spacial score (nSPS) is 14.9. The molecule has 0 bridgehead atoms. The number of phenolic OH excluding ortho intramolecular Hbond substituents is 1. The average molecular weight is 550 g/mol. The summed E-state index contributed by atoms with van der Waals surface area (Å²) in [6.07, 6.45) is 2.21. The summed E-state index contributed by atoms with van der Waals surface area (Å²) in [5.41, 5.74) is 12.4. The van der Waals surface area contributed by atoms with Crippen LogP contribution in [0.1, 0.15) is 46.8 Å². The Bertz CT molecular complexity index is 1620. The first kappa shape index (κ1) is 26.2. The number of para-hydroxylation sites is 1. The van der Waals surface area contributed by atoms with E-state index in [9.17, 15) is 9.90 Å². The highest BCUT2D eigenvalue weighted by molar-refractivity contribution is 6.30. The van der Waals surface area contributed by atoms with Crippen LogP contribution in [0.3, 0.4) is 0 Å². The molecule has 1 aromatic heterocycles. The van der Waals surface area contributed by atoms with Crippen molar-refractivity contribution in [3.05, 3.63) is 119 Å². The number of Topliss-reactive ketones (excluding diaryl/α,β-unsaturated/α-hetero) is 1. The van der Waals surface area contributed by atoms with E-state index in [1.54, 1.807) is 18.2 Å². The maximum atomic E-state index is 13.7. The standard InChI is InChI=1S/C34H32ClN3O2/c35-26-10-13-33(39)30(20-26)29(32-19-24-4-1-2-7-31(24)37-32)21-34(40)25-6-3-5-23(18-25)22-8-11-28(12-9-22)38-16-14-27(36)15-17-38/h1-13,18-20,27,29,37,39H,14-17,21,36H2/t29-/m1/s1. The maximum absolute atomic E-state index is 13.7. The van der Waals surface area contributed by atoms with Gasteiger partial charge in [0.1, 0.15) is 5.75 Å². The number of benzene rings is 4. The lowest BCUT2D eigenvalue weighted by Gasteiger charge is -2.32. The number of hydrogen-bond donors (Lipinski definition) is 3. The summed E-state index contributed by atoms with van der Waals surface area (Å²) in [6, 6.07) is 31.6. The molecule has 202 valence electrons. The third-order valence-electron chi connectivity index (χ3n) is 7.97. The van der Waals surface area contributed by atoms with E-state index in [4.69, 9.17) is 17.3 Å². The molecule has 6 rings (SSSR count). The molecule has 5 nitrogen and oxygen atoms in total. The van der Waals surface area contributed by atoms with Crippen molar-refractivity contribution < 1.29 is 9.90 Å². The van der Waals surface area contributed by atoms with E-state index in [-0.39, 0.29) is 23.9 Å². The van der Waals surface area contributed by atoms with Gasteiger partial charge in [-0.3, -0.25) is 4.79 Å². The largest absolute Gasteiger partial charge is 0.508 e. The number of rotatable bonds is 7. The molecule has 0 radical (unpaired) electrons. The summed E-state index contributed by atoms with van der Waals surface area (Å²) < 4.78 is 0. The molecule has 1 fully saturated rings. The molecule has 0 spiro atoms. The first-order valence-corrected chi connectivity index (χ1v) is 14.1. The lowest BCUT2D eigenvalue weighted by atomic mass is 9.87. The minimum absolute atomic E-state index is 0.00819. The van der Waals surface area contributed by atoms with Gasteiger partial charge in [-0.2, -0.15) is 0 Å². The van der Waals surface area contributed by atoms with Gasteiger partial charge in [0.2, 0.25) is 0 Å². The second-order valence-corrected chi connectivity index (χ2v) is 11.1. The predicted molar refractivity (Wildman–Crippen MR) is 164 cm³/mol. The number of nitrogens with one attached hydrogen (secondary N) is 1. The Labute approximate surface area is 239 Å². The third-order valence-corrected chi connectivity index (χ3v) is 8.21. The summed E-state index contributed by atoms with van der Waals surface area (Å²) >= 11 is 6.32. The molecule has 1 atom stereocenters. The summed E-state index contributed by atoms with van der Waals surface area (Å²) in [6.45, 7) is 1.95. The zero-order valence-corrected chi connectivity index (χ0v) is 22.9. The Morgan fingerprint density at radius 2 is 1.70 bits per heavy atom. The Hall–Kier alpha value is -4.06. The molecule has 0 unspecified atom stereocenters. The van der Waals surface area contributed by atoms with E-state index < -0.39 is 0 Å². The number of aromatic amines is 1. The van der Waals surface area contributed by atoms with Crippen molar-refractivity contribution in [3.8, 4) is 16.9 Å². The smallest absolute Gasteiger partial charge is 0.163 e. The summed E-state index contributed by atoms with van der Waals surface area (Å²) in [7, 11) is 0. The number of halogens is 1. The van der Waals surface area contributed by atoms with E-state index in [0.29, 0.717) is 22.2 Å². The summed E-state index contributed by atoms with van der Waals surface area (Å²) in [5.74, 6) is -0.282. The van der Waals surface area contributed by atoms with Crippen molar-refractivity contribution in [1.29, 1.82) is 0 Å². The fourth-order valence-corrected chi connectivity index (χ4v) is 5.85. The number of carbonyl (C=O) groups is 1. The van der Waals surface area contributed by atoms with E-state index in [0.717, 1.165) is 53.7 Å². The zero-order valence-electron chi connectivity index (χ0n) is 22.2. The Kier molecular flexibility index (Phi) is 7.33. The SMILES string of the molecule is NC1CCN(c2ccc(-c3cccc(C(=O)C[C@@H](c4cc5ccccc5[nH]4)c4cc(Cl)ccc4O)c3)cc2)CC1. The fourth-order valence-electron chi connectivity index (χ4n) is 5.67. The van der Waals surface area contributed by atoms with Gasteiger partial charge in [-0.15, -0.1) is 0 Å². The number of aromatic hydroxyl groups is 1. The number of phenols is 1. The number of hydrogen-bond acceptors (Lipinski definition) is 4. The van der Waals surface area contributed by atoms with Crippen LogP contribution in [0.5, 0.6) is 5.75 Å². The lowest BCUT2D eigenvalue weighted by Crippen LogP contribution is -2.39. The molecule has 4 aromatic carbocycles. The summed E-state index contributed by atoms with van der Waals surface area (Å²) in [5, 5.41) is 12.3. The molecule has 6 heteroatoms. The van der Waals surface area contributed by atoms with Gasteiger partial charge in [-0.1, -0.05) is 60.1 Å². The molecule has 0 amide bonds. The van der Waals surface area contributed by atoms with Crippen LogP contribution >= 0.6 is 11.6 Å². The van der Waals surface area contributed by atoms with Gasteiger partial charge in [0.25, 0.3) is 0 Å². The highest BCUT2D eigenvalue weighted by Gasteiger charge is 2.24. The third kappa shape index (κ3) is 5.48. The molecular formula is C34H32ClN3O2. The Balaban J connectivity index is 1.27. The molecule has 0 saturated carbocycles. The van der Waals surface area contributed by atoms with Crippen LogP contribution in [-0.4, -0.2) is 35.0 Å². The van der Waals surface area contributed by atoms with Crippen LogP contribution in [-0.2, 0) is 0 Å². The second kappa shape index (κ2) is 11.2. The van der Waals surface area contributed by atoms with Gasteiger partial charge in [0.05, 0.1) is 0 Å². The predicted octanol–water partition coefficient (Wildman–Crippen LogP) is 7.53. The second-order valence-electron chi connectivity index (χ2n) is 10.6. The number of aromatic nitrogens is 1. The Morgan fingerprint density at radius 3 is 2.48 bits per heavy atom. The fraction of sp³-hybridized carbons (Fsp3) is 0.206. The van der Waals surface area contributed by atoms with Crippen molar-refractivity contribution in [2.75, 3.05) is 18.0 Å². The molecule has 1 saturated heterocycles. The zero-order chi connectivity index (χ0) is 27.6. The number of fused-ring (bicyclic) bond motifs is 1. The first-order chi connectivity index (χ1) is 19.4. The van der Waals surface area contributed by atoms with Crippen molar-refractivity contribution in [2.45, 2.75) is 31.2 Å². The molecule has 1 aliphatic heterocycles. The van der Waals surface area contributed by atoms with E-state index >= 15 is 0 Å². The average Bonchev–Trinajstić information content (AvgIpc) is 3.42. The van der Waals surface area contributed by atoms with Crippen molar-refractivity contribution in [3.63, 3.8) is 0 Å². The minimum Gasteiger partial charge on any atom is -0.508 e.